The summed E-state index contributed by atoms with van der Waals surface area (Å²) < 4.78 is 29.7. The fourth-order valence-electron chi connectivity index (χ4n) is 9.44. The smallest absolute Gasteiger partial charge is 0.321 e. The van der Waals surface area contributed by atoms with Gasteiger partial charge in [-0.25, -0.2) is 48.3 Å². The van der Waals surface area contributed by atoms with Crippen molar-refractivity contribution >= 4 is 65.4 Å². The van der Waals surface area contributed by atoms with Crippen LogP contribution in [0.1, 0.15) is 76.2 Å². The van der Waals surface area contributed by atoms with Crippen molar-refractivity contribution in [3.63, 3.8) is 0 Å². The van der Waals surface area contributed by atoms with Crippen molar-refractivity contribution in [2.24, 2.45) is 0 Å². The van der Waals surface area contributed by atoms with Crippen LogP contribution in [-0.2, 0) is 24.3 Å². The summed E-state index contributed by atoms with van der Waals surface area (Å²) in [6.45, 7) is 10.8. The van der Waals surface area contributed by atoms with E-state index in [-0.39, 0.29) is 30.6 Å². The number of urea groups is 2. The van der Waals surface area contributed by atoms with E-state index in [2.05, 4.69) is 51.0 Å². The zero-order valence-electron chi connectivity index (χ0n) is 42.5. The largest absolute Gasteiger partial charge is 0.382 e. The third kappa shape index (κ3) is 12.3. The number of aromatic nitrogens is 8. The van der Waals surface area contributed by atoms with E-state index in [4.69, 9.17) is 19.9 Å². The second-order valence-corrected chi connectivity index (χ2v) is 22.0. The number of thiazole rings is 2. The lowest BCUT2D eigenvalue weighted by molar-refractivity contribution is 0.0365. The first-order chi connectivity index (χ1) is 36.5. The molecule has 6 aromatic heterocycles. The standard InChI is InChI=1S/C54H58F2N14O4S2/c1-5-57-49(71)67-51-65-43-22-34(20-40(45(43)75-51)42-18-32(8-14-59-42)28-70-16-10-38(56)30-70)36-25-63-48(64-26-36)54(4,74)11-6-12-60-50(72)68-52-66-44-21-33(35-23-61-47(62-24-35)53(2,3)73)19-39(46(44)76-52)41-17-31(7-13-58-41)27-69-15-9-37(55)29-69/h7-8,13-14,17-26,37-38,73-74H,5-6,9-12,15-16,27-30H2,1-4H3,(H2,57,65,67,71)(H2,60,66,68,72)/t37-,38+,54?/m0/s1. The SMILES string of the molecule is CCNC(=O)Nc1nc2cc(-c3cnc(C(C)(O)CCCNC(=O)Nc4nc5cc(-c6cnc(C(C)(C)O)nc6)cc(-c6cc(CN7CC[C@H](F)C7)ccn6)c5s4)nc3)cc(-c3cc(CN4CC[C@@H](F)C4)ccn3)c2s1. The highest BCUT2D eigenvalue weighted by Crippen LogP contribution is 2.41. The van der Waals surface area contributed by atoms with Crippen molar-refractivity contribution < 1.29 is 28.6 Å². The first kappa shape index (κ1) is 52.4. The summed E-state index contributed by atoms with van der Waals surface area (Å²) in [6, 6.07) is 14.8. The molecule has 4 amide bonds. The first-order valence-corrected chi connectivity index (χ1v) is 26.9. The van der Waals surface area contributed by atoms with E-state index in [1.165, 1.54) is 22.7 Å². The molecule has 6 N–H and O–H groups in total. The monoisotopic (exact) mass is 1070 g/mol. The molecule has 22 heteroatoms. The van der Waals surface area contributed by atoms with Gasteiger partial charge in [-0.15, -0.1) is 0 Å². The molecule has 76 heavy (non-hydrogen) atoms. The van der Waals surface area contributed by atoms with Crippen LogP contribution in [0.2, 0.25) is 0 Å². The van der Waals surface area contributed by atoms with Crippen molar-refractivity contribution in [3.05, 3.63) is 108 Å². The quantitative estimate of drug-likeness (QED) is 0.0467. The number of carbonyl (C=O) groups excluding carboxylic acids is 2. The summed E-state index contributed by atoms with van der Waals surface area (Å²) in [6.07, 6.45) is 10.1. The van der Waals surface area contributed by atoms with Gasteiger partial charge in [0.2, 0.25) is 0 Å². The fourth-order valence-corrected chi connectivity index (χ4v) is 11.4. The lowest BCUT2D eigenvalue weighted by Gasteiger charge is -2.21. The van der Waals surface area contributed by atoms with Gasteiger partial charge in [0.1, 0.15) is 23.5 Å². The average Bonchev–Trinajstić information content (AvgIpc) is 4.22. The highest BCUT2D eigenvalue weighted by Gasteiger charge is 2.28. The van der Waals surface area contributed by atoms with Crippen molar-refractivity contribution in [2.45, 2.75) is 90.0 Å². The Morgan fingerprint density at radius 2 is 1.13 bits per heavy atom. The molecule has 18 nitrogen and oxygen atoms in total. The highest BCUT2D eigenvalue weighted by molar-refractivity contribution is 7.23. The Hall–Kier alpha value is -7.08. The number of nitrogens with zero attached hydrogens (tertiary/aromatic N) is 10. The van der Waals surface area contributed by atoms with Gasteiger partial charge >= 0.3 is 12.1 Å². The van der Waals surface area contributed by atoms with Gasteiger partial charge in [0.05, 0.1) is 31.8 Å². The minimum atomic E-state index is -1.43. The van der Waals surface area contributed by atoms with Crippen LogP contribution in [0.5, 0.6) is 0 Å². The number of hydrogen-bond donors (Lipinski definition) is 6. The number of carbonyl (C=O) groups is 2. The van der Waals surface area contributed by atoms with Gasteiger partial charge in [0.15, 0.2) is 21.9 Å². The normalized spacial score (nSPS) is 17.1. The van der Waals surface area contributed by atoms with Crippen LogP contribution in [0.25, 0.3) is 65.2 Å². The maximum absolute atomic E-state index is 14.0. The molecule has 10 rings (SSSR count). The molecule has 3 atom stereocenters. The predicted octanol–water partition coefficient (Wildman–Crippen LogP) is 9.21. The number of hydrogen-bond acceptors (Lipinski definition) is 16. The minimum absolute atomic E-state index is 0.213. The van der Waals surface area contributed by atoms with E-state index in [9.17, 15) is 28.6 Å². The number of anilines is 2. The summed E-state index contributed by atoms with van der Waals surface area (Å²) in [5.74, 6) is 0.499. The van der Waals surface area contributed by atoms with Crippen LogP contribution in [-0.4, -0.2) is 124 Å². The Bertz CT molecular complexity index is 3390. The van der Waals surface area contributed by atoms with E-state index in [1.807, 2.05) is 55.5 Å². The van der Waals surface area contributed by atoms with Gasteiger partial charge in [-0.1, -0.05) is 22.7 Å². The Kier molecular flexibility index (Phi) is 15.3. The third-order valence-electron chi connectivity index (χ3n) is 13.3. The molecule has 0 bridgehead atoms. The molecule has 1 unspecified atom stereocenters. The van der Waals surface area contributed by atoms with E-state index in [0.717, 1.165) is 42.8 Å². The van der Waals surface area contributed by atoms with Crippen molar-refractivity contribution in [3.8, 4) is 44.8 Å². The van der Waals surface area contributed by atoms with Crippen LogP contribution in [0, 0.1) is 0 Å². The maximum atomic E-state index is 14.0. The van der Waals surface area contributed by atoms with Crippen LogP contribution < -0.4 is 21.3 Å². The molecule has 8 aromatic rings. The van der Waals surface area contributed by atoms with Crippen LogP contribution >= 0.6 is 22.7 Å². The molecule has 0 aliphatic carbocycles. The molecule has 2 aromatic carbocycles. The van der Waals surface area contributed by atoms with Gasteiger partial charge in [0.25, 0.3) is 0 Å². The number of alkyl halides is 2. The van der Waals surface area contributed by atoms with Crippen molar-refractivity contribution in [1.29, 1.82) is 0 Å². The zero-order valence-corrected chi connectivity index (χ0v) is 44.1. The van der Waals surface area contributed by atoms with Gasteiger partial charge < -0.3 is 20.8 Å². The average molecular weight is 1070 g/mol. The summed E-state index contributed by atoms with van der Waals surface area (Å²) in [7, 11) is 0. The van der Waals surface area contributed by atoms with E-state index < -0.39 is 29.6 Å². The maximum Gasteiger partial charge on any atom is 0.321 e. The Balaban J connectivity index is 0.817. The van der Waals surface area contributed by atoms with Crippen LogP contribution in [0.3, 0.4) is 0 Å². The summed E-state index contributed by atoms with van der Waals surface area (Å²) in [5.41, 5.74) is 6.45. The second-order valence-electron chi connectivity index (χ2n) is 20.0. The fraction of sp³-hybridized carbons (Fsp3) is 0.370. The zero-order chi connectivity index (χ0) is 53.1. The summed E-state index contributed by atoms with van der Waals surface area (Å²) >= 11 is 2.64. The summed E-state index contributed by atoms with van der Waals surface area (Å²) in [5, 5.41) is 34.2. The number of likely N-dealkylation sites (tertiary alicyclic amines) is 2. The van der Waals surface area contributed by atoms with E-state index in [0.29, 0.717) is 109 Å². The molecular formula is C54H58F2N14O4S2. The van der Waals surface area contributed by atoms with Crippen molar-refractivity contribution in [1.82, 2.24) is 60.3 Å². The van der Waals surface area contributed by atoms with Gasteiger partial charge in [-0.05, 0) is 124 Å². The molecule has 0 radical (unpaired) electrons. The number of rotatable bonds is 17. The molecule has 2 aliphatic heterocycles. The molecule has 0 spiro atoms. The molecule has 2 saturated heterocycles. The predicted molar refractivity (Wildman–Crippen MR) is 291 cm³/mol. The molecule has 2 aliphatic rings. The number of halogens is 2. The number of fused-ring (bicyclic) bond motifs is 2. The van der Waals surface area contributed by atoms with Gasteiger partial charge in [-0.3, -0.25) is 30.4 Å². The number of nitrogens with one attached hydrogen (secondary N) is 4. The highest BCUT2D eigenvalue weighted by atomic mass is 32.1. The minimum Gasteiger partial charge on any atom is -0.382 e. The van der Waals surface area contributed by atoms with Gasteiger partial charge in [-0.2, -0.15) is 0 Å². The van der Waals surface area contributed by atoms with Crippen LogP contribution in [0.15, 0.2) is 85.7 Å². The lowest BCUT2D eigenvalue weighted by Crippen LogP contribution is -2.31. The van der Waals surface area contributed by atoms with Gasteiger partial charge in [0, 0.05) is 112 Å². The van der Waals surface area contributed by atoms with Crippen LogP contribution in [0.4, 0.5) is 28.6 Å². The number of pyridine rings is 2. The molecular weight excluding hydrogens is 1010 g/mol. The second kappa shape index (κ2) is 22.3. The molecule has 0 saturated carbocycles. The number of aliphatic hydroxyl groups is 2. The lowest BCUT2D eigenvalue weighted by atomic mass is 9.98. The summed E-state index contributed by atoms with van der Waals surface area (Å²) in [4.78, 5) is 67.0. The molecule has 394 valence electrons. The Morgan fingerprint density at radius 3 is 1.58 bits per heavy atom. The first-order valence-electron chi connectivity index (χ1n) is 25.3. The molecule has 2 fully saturated rings. The number of benzene rings is 2. The Morgan fingerprint density at radius 1 is 0.658 bits per heavy atom. The van der Waals surface area contributed by atoms with E-state index >= 15 is 0 Å². The Labute approximate surface area is 445 Å². The third-order valence-corrected chi connectivity index (χ3v) is 15.4. The van der Waals surface area contributed by atoms with E-state index in [1.54, 1.807) is 58.0 Å². The topological polar surface area (TPSA) is 232 Å². The van der Waals surface area contributed by atoms with Crippen molar-refractivity contribution in [2.75, 3.05) is 49.9 Å². The number of amides is 4. The molecule has 8 heterocycles.